The van der Waals surface area contributed by atoms with Gasteiger partial charge in [0.2, 0.25) is 0 Å². The van der Waals surface area contributed by atoms with Crippen LogP contribution in [-0.2, 0) is 16.1 Å². The Labute approximate surface area is 146 Å². The number of H-pyrrole nitrogens is 1. The van der Waals surface area contributed by atoms with E-state index in [1.54, 1.807) is 17.2 Å². The second kappa shape index (κ2) is 6.57. The number of ether oxygens (including phenoxy) is 2. The van der Waals surface area contributed by atoms with Crippen molar-refractivity contribution < 1.29 is 14.3 Å². The molecule has 0 unspecified atom stereocenters. The van der Waals surface area contributed by atoms with E-state index < -0.39 is 0 Å². The first-order valence-electron chi connectivity index (χ1n) is 8.58. The molecule has 1 amide bonds. The molecule has 0 aromatic carbocycles. The van der Waals surface area contributed by atoms with Gasteiger partial charge in [-0.2, -0.15) is 5.10 Å². The average Bonchev–Trinajstić information content (AvgIpc) is 3.12. The van der Waals surface area contributed by atoms with Gasteiger partial charge in [0.25, 0.3) is 5.91 Å². The molecule has 0 aliphatic carbocycles. The molecule has 2 fully saturated rings. The third-order valence-corrected chi connectivity index (χ3v) is 4.84. The molecular formula is C18H22N4O3. The lowest BCUT2D eigenvalue weighted by molar-refractivity contribution is -0.188. The van der Waals surface area contributed by atoms with Crippen LogP contribution >= 0.6 is 0 Å². The van der Waals surface area contributed by atoms with E-state index in [0.717, 1.165) is 24.0 Å². The van der Waals surface area contributed by atoms with Crippen molar-refractivity contribution in [1.29, 1.82) is 0 Å². The van der Waals surface area contributed by atoms with E-state index in [2.05, 4.69) is 21.2 Å². The number of carbonyl (C=O) groups is 1. The van der Waals surface area contributed by atoms with Crippen molar-refractivity contribution in [1.82, 2.24) is 20.1 Å². The number of rotatable bonds is 4. The molecule has 4 rings (SSSR count). The fraction of sp³-hybridized carbons (Fsp3) is 0.500. The number of pyridine rings is 1. The second-order valence-corrected chi connectivity index (χ2v) is 6.96. The predicted octanol–water partition coefficient (Wildman–Crippen LogP) is 1.70. The number of hydrogen-bond acceptors (Lipinski definition) is 5. The van der Waals surface area contributed by atoms with Gasteiger partial charge in [0.15, 0.2) is 0 Å². The van der Waals surface area contributed by atoms with Crippen molar-refractivity contribution in [3.63, 3.8) is 0 Å². The Morgan fingerprint density at radius 1 is 1.48 bits per heavy atom. The zero-order valence-corrected chi connectivity index (χ0v) is 14.3. The summed E-state index contributed by atoms with van der Waals surface area (Å²) in [5.74, 6) is -0.0272. The lowest BCUT2D eigenvalue weighted by Gasteiger charge is -2.52. The average molecular weight is 342 g/mol. The van der Waals surface area contributed by atoms with Crippen molar-refractivity contribution in [3.8, 4) is 0 Å². The number of nitrogens with one attached hydrogen (secondary N) is 1. The largest absolute Gasteiger partial charge is 0.373 e. The van der Waals surface area contributed by atoms with E-state index in [1.165, 1.54) is 0 Å². The smallest absolute Gasteiger partial charge is 0.272 e. The Hall–Kier alpha value is -2.25. The quantitative estimate of drug-likeness (QED) is 0.915. The Balaban J connectivity index is 1.31. The fourth-order valence-corrected chi connectivity index (χ4v) is 3.59. The molecule has 132 valence electrons. The Morgan fingerprint density at radius 2 is 2.36 bits per heavy atom. The van der Waals surface area contributed by atoms with E-state index in [1.807, 2.05) is 19.3 Å². The van der Waals surface area contributed by atoms with E-state index >= 15 is 0 Å². The molecule has 1 N–H and O–H groups in total. The van der Waals surface area contributed by atoms with Gasteiger partial charge in [0.1, 0.15) is 11.3 Å². The first kappa shape index (κ1) is 16.2. The lowest BCUT2D eigenvalue weighted by atomic mass is 9.84. The number of hydrogen-bond donors (Lipinski definition) is 1. The molecule has 0 radical (unpaired) electrons. The number of carbonyl (C=O) groups excluding carboxylic acids is 1. The number of nitrogens with zero attached hydrogens (tertiary/aromatic N) is 3. The zero-order valence-electron chi connectivity index (χ0n) is 14.3. The summed E-state index contributed by atoms with van der Waals surface area (Å²) >= 11 is 0. The monoisotopic (exact) mass is 342 g/mol. The van der Waals surface area contributed by atoms with Crippen LogP contribution in [0.15, 0.2) is 30.7 Å². The van der Waals surface area contributed by atoms with E-state index in [-0.39, 0.29) is 17.6 Å². The van der Waals surface area contributed by atoms with Crippen molar-refractivity contribution >= 4 is 5.91 Å². The third-order valence-electron chi connectivity index (χ3n) is 4.84. The molecule has 4 heterocycles. The van der Waals surface area contributed by atoms with Gasteiger partial charge in [0, 0.05) is 31.6 Å². The van der Waals surface area contributed by atoms with Crippen LogP contribution in [0.4, 0.5) is 0 Å². The maximum absolute atomic E-state index is 12.3. The van der Waals surface area contributed by atoms with Crippen molar-refractivity contribution in [3.05, 3.63) is 47.5 Å². The molecule has 2 saturated heterocycles. The summed E-state index contributed by atoms with van der Waals surface area (Å²) < 4.78 is 12.1. The van der Waals surface area contributed by atoms with Gasteiger partial charge in [-0.15, -0.1) is 0 Å². The first-order chi connectivity index (χ1) is 12.1. The number of aromatic nitrogens is 3. The number of aryl methyl sites for hydroxylation is 1. The highest BCUT2D eigenvalue weighted by atomic mass is 16.5. The number of amides is 1. The van der Waals surface area contributed by atoms with Crippen LogP contribution in [0.2, 0.25) is 0 Å². The van der Waals surface area contributed by atoms with Gasteiger partial charge < -0.3 is 14.4 Å². The second-order valence-electron chi connectivity index (χ2n) is 6.96. The SMILES string of the molecule is Cc1cncc(CO[C@H]2CCOC3(C2)CN(C(=O)c2ccn[nH]2)C3)c1. The molecule has 1 spiro atoms. The summed E-state index contributed by atoms with van der Waals surface area (Å²) in [7, 11) is 0. The minimum Gasteiger partial charge on any atom is -0.373 e. The van der Waals surface area contributed by atoms with Gasteiger partial charge in [-0.25, -0.2) is 0 Å². The van der Waals surface area contributed by atoms with E-state index in [9.17, 15) is 4.79 Å². The summed E-state index contributed by atoms with van der Waals surface area (Å²) in [6, 6.07) is 3.78. The maximum Gasteiger partial charge on any atom is 0.272 e. The van der Waals surface area contributed by atoms with Gasteiger partial charge in [-0.3, -0.25) is 14.9 Å². The van der Waals surface area contributed by atoms with Crippen LogP contribution in [0.5, 0.6) is 0 Å². The van der Waals surface area contributed by atoms with Crippen LogP contribution in [0.1, 0.15) is 34.5 Å². The van der Waals surface area contributed by atoms with Crippen molar-refractivity contribution in [2.45, 2.75) is 38.1 Å². The summed E-state index contributed by atoms with van der Waals surface area (Å²) in [6.07, 6.45) is 7.12. The molecular weight excluding hydrogens is 320 g/mol. The van der Waals surface area contributed by atoms with Crippen LogP contribution < -0.4 is 0 Å². The van der Waals surface area contributed by atoms with Crippen molar-refractivity contribution in [2.24, 2.45) is 0 Å². The summed E-state index contributed by atoms with van der Waals surface area (Å²) in [5, 5.41) is 6.55. The molecule has 2 aromatic heterocycles. The molecule has 0 bridgehead atoms. The topological polar surface area (TPSA) is 80.3 Å². The summed E-state index contributed by atoms with van der Waals surface area (Å²) in [5.41, 5.74) is 2.48. The van der Waals surface area contributed by atoms with Crippen LogP contribution in [0.3, 0.4) is 0 Å². The van der Waals surface area contributed by atoms with Gasteiger partial charge in [0.05, 0.1) is 25.8 Å². The van der Waals surface area contributed by atoms with Gasteiger partial charge >= 0.3 is 0 Å². The Morgan fingerprint density at radius 3 is 3.12 bits per heavy atom. The highest BCUT2D eigenvalue weighted by Crippen LogP contribution is 2.36. The molecule has 2 aromatic rings. The Bertz CT molecular complexity index is 741. The van der Waals surface area contributed by atoms with E-state index in [0.29, 0.717) is 32.0 Å². The highest BCUT2D eigenvalue weighted by molar-refractivity contribution is 5.92. The minimum absolute atomic E-state index is 0.0272. The first-order valence-corrected chi connectivity index (χ1v) is 8.58. The van der Waals surface area contributed by atoms with Crippen molar-refractivity contribution in [2.75, 3.05) is 19.7 Å². The van der Waals surface area contributed by atoms with Crippen LogP contribution in [0.25, 0.3) is 0 Å². The van der Waals surface area contributed by atoms with Gasteiger partial charge in [-0.1, -0.05) is 6.07 Å². The predicted molar refractivity (Wildman–Crippen MR) is 90.0 cm³/mol. The maximum atomic E-state index is 12.3. The molecule has 25 heavy (non-hydrogen) atoms. The standard InChI is InChI=1S/C18H22N4O3/c1-13-6-14(9-19-8-13)10-24-15-3-5-25-18(7-15)11-22(12-18)17(23)16-2-4-20-21-16/h2,4,6,8-9,15H,3,5,7,10-12H2,1H3,(H,20,21)/t15-/m0/s1. The normalized spacial score (nSPS) is 22.0. The lowest BCUT2D eigenvalue weighted by Crippen LogP contribution is -2.67. The summed E-state index contributed by atoms with van der Waals surface area (Å²) in [4.78, 5) is 18.3. The molecule has 0 saturated carbocycles. The zero-order chi connectivity index (χ0) is 17.3. The van der Waals surface area contributed by atoms with E-state index in [4.69, 9.17) is 9.47 Å². The van der Waals surface area contributed by atoms with Crippen LogP contribution in [-0.4, -0.2) is 57.4 Å². The molecule has 7 heteroatoms. The molecule has 2 aliphatic rings. The van der Waals surface area contributed by atoms with Crippen LogP contribution in [0, 0.1) is 6.92 Å². The molecule has 1 atom stereocenters. The third kappa shape index (κ3) is 3.43. The fourth-order valence-electron chi connectivity index (χ4n) is 3.59. The minimum atomic E-state index is -0.260. The number of aromatic amines is 1. The molecule has 2 aliphatic heterocycles. The van der Waals surface area contributed by atoms with Gasteiger partial charge in [-0.05, 0) is 30.5 Å². The summed E-state index contributed by atoms with van der Waals surface area (Å²) in [6.45, 7) is 4.47. The highest BCUT2D eigenvalue weighted by Gasteiger charge is 2.49. The Kier molecular flexibility index (Phi) is 4.27. The molecule has 7 nitrogen and oxygen atoms in total. The number of likely N-dealkylation sites (tertiary alicyclic amines) is 1.